The highest BCUT2D eigenvalue weighted by atomic mass is 16.5. The van der Waals surface area contributed by atoms with Gasteiger partial charge in [-0.2, -0.15) is 0 Å². The fourth-order valence-corrected chi connectivity index (χ4v) is 2.65. The van der Waals surface area contributed by atoms with Gasteiger partial charge in [0, 0.05) is 32.2 Å². The number of ether oxygens (including phenoxy) is 1. The van der Waals surface area contributed by atoms with E-state index in [-0.39, 0.29) is 17.9 Å². The zero-order valence-corrected chi connectivity index (χ0v) is 11.2. The van der Waals surface area contributed by atoms with Gasteiger partial charge in [0.2, 0.25) is 11.8 Å². The second-order valence-electron chi connectivity index (χ2n) is 5.33. The molecule has 5 heteroatoms. The van der Waals surface area contributed by atoms with Crippen LogP contribution in [0.25, 0.3) is 0 Å². The molecule has 18 heavy (non-hydrogen) atoms. The molecule has 2 fully saturated rings. The van der Waals surface area contributed by atoms with Crippen LogP contribution in [0.1, 0.15) is 39.5 Å². The van der Waals surface area contributed by atoms with Crippen molar-refractivity contribution < 1.29 is 14.3 Å². The molecule has 1 atom stereocenters. The van der Waals surface area contributed by atoms with E-state index in [2.05, 4.69) is 5.32 Å². The molecule has 0 spiro atoms. The molecular formula is C13H22N2O3. The van der Waals surface area contributed by atoms with Crippen LogP contribution in [0.4, 0.5) is 0 Å². The Kier molecular flexibility index (Phi) is 3.90. The van der Waals surface area contributed by atoms with Gasteiger partial charge in [-0.3, -0.25) is 9.59 Å². The molecule has 0 aromatic rings. The molecule has 0 aromatic heterocycles. The first kappa shape index (κ1) is 13.3. The molecule has 2 aliphatic heterocycles. The smallest absolute Gasteiger partial charge is 0.248 e. The number of carbonyl (C=O) groups excluding carboxylic acids is 2. The van der Waals surface area contributed by atoms with E-state index in [1.807, 2.05) is 18.7 Å². The van der Waals surface area contributed by atoms with Gasteiger partial charge in [-0.05, 0) is 26.2 Å². The molecule has 0 radical (unpaired) electrons. The third-order valence-corrected chi connectivity index (χ3v) is 4.07. The first-order valence-corrected chi connectivity index (χ1v) is 6.76. The van der Waals surface area contributed by atoms with E-state index in [0.717, 1.165) is 12.8 Å². The molecule has 0 saturated carbocycles. The van der Waals surface area contributed by atoms with Crippen molar-refractivity contribution in [1.29, 1.82) is 0 Å². The van der Waals surface area contributed by atoms with Crippen LogP contribution in [-0.2, 0) is 14.3 Å². The van der Waals surface area contributed by atoms with Crippen molar-refractivity contribution in [3.05, 3.63) is 0 Å². The zero-order valence-electron chi connectivity index (χ0n) is 11.2. The summed E-state index contributed by atoms with van der Waals surface area (Å²) in [6.07, 6.45) is 2.77. The highest BCUT2D eigenvalue weighted by Crippen LogP contribution is 2.23. The Labute approximate surface area is 108 Å². The number of hydrogen-bond acceptors (Lipinski definition) is 3. The molecule has 1 unspecified atom stereocenters. The van der Waals surface area contributed by atoms with Crippen LogP contribution in [0.5, 0.6) is 0 Å². The molecule has 2 amide bonds. The second-order valence-corrected chi connectivity index (χ2v) is 5.33. The summed E-state index contributed by atoms with van der Waals surface area (Å²) in [5, 5.41) is 2.86. The van der Waals surface area contributed by atoms with Gasteiger partial charge in [-0.25, -0.2) is 0 Å². The maximum atomic E-state index is 12.6. The van der Waals surface area contributed by atoms with Crippen LogP contribution in [0, 0.1) is 0 Å². The van der Waals surface area contributed by atoms with Gasteiger partial charge in [0.1, 0.15) is 5.54 Å². The Balaban J connectivity index is 2.18. The van der Waals surface area contributed by atoms with E-state index in [1.165, 1.54) is 0 Å². The predicted molar refractivity (Wildman–Crippen MR) is 67.0 cm³/mol. The van der Waals surface area contributed by atoms with Gasteiger partial charge in [0.25, 0.3) is 0 Å². The Morgan fingerprint density at radius 2 is 2.06 bits per heavy atom. The minimum Gasteiger partial charge on any atom is -0.381 e. The molecule has 0 aliphatic carbocycles. The summed E-state index contributed by atoms with van der Waals surface area (Å²) in [6, 6.07) is 0.227. The first-order valence-electron chi connectivity index (χ1n) is 6.76. The van der Waals surface area contributed by atoms with Gasteiger partial charge in [0.05, 0.1) is 0 Å². The van der Waals surface area contributed by atoms with E-state index in [9.17, 15) is 9.59 Å². The SMILES string of the molecule is CCC1(C)NC(=O)CCN(C2CCOCC2)C1=O. The molecule has 2 heterocycles. The molecule has 2 saturated heterocycles. The average molecular weight is 254 g/mol. The fraction of sp³-hybridized carbons (Fsp3) is 0.846. The van der Waals surface area contributed by atoms with Gasteiger partial charge in [0.15, 0.2) is 0 Å². The Morgan fingerprint density at radius 1 is 1.39 bits per heavy atom. The van der Waals surface area contributed by atoms with Crippen molar-refractivity contribution in [2.45, 2.75) is 51.1 Å². The summed E-state index contributed by atoms with van der Waals surface area (Å²) in [5.41, 5.74) is -0.744. The number of nitrogens with zero attached hydrogens (tertiary/aromatic N) is 1. The van der Waals surface area contributed by atoms with Gasteiger partial charge in [-0.15, -0.1) is 0 Å². The van der Waals surface area contributed by atoms with Gasteiger partial charge < -0.3 is 15.0 Å². The molecule has 5 nitrogen and oxygen atoms in total. The third kappa shape index (κ3) is 2.51. The number of hydrogen-bond donors (Lipinski definition) is 1. The summed E-state index contributed by atoms with van der Waals surface area (Å²) in [7, 11) is 0. The minimum atomic E-state index is -0.744. The highest BCUT2D eigenvalue weighted by molar-refractivity contribution is 5.93. The first-order chi connectivity index (χ1) is 8.57. The van der Waals surface area contributed by atoms with Crippen molar-refractivity contribution in [1.82, 2.24) is 10.2 Å². The average Bonchev–Trinajstić information content (AvgIpc) is 2.50. The monoisotopic (exact) mass is 254 g/mol. The molecule has 1 N–H and O–H groups in total. The number of nitrogens with one attached hydrogen (secondary N) is 1. The normalized spacial score (nSPS) is 31.1. The lowest BCUT2D eigenvalue weighted by Crippen LogP contribution is -2.57. The van der Waals surface area contributed by atoms with Crippen LogP contribution in [0.3, 0.4) is 0 Å². The number of carbonyl (C=O) groups is 2. The minimum absolute atomic E-state index is 0.0257. The molecular weight excluding hydrogens is 232 g/mol. The van der Waals surface area contributed by atoms with E-state index in [1.54, 1.807) is 0 Å². The van der Waals surface area contributed by atoms with E-state index < -0.39 is 5.54 Å². The van der Waals surface area contributed by atoms with Crippen molar-refractivity contribution in [3.8, 4) is 0 Å². The van der Waals surface area contributed by atoms with Crippen molar-refractivity contribution in [3.63, 3.8) is 0 Å². The topological polar surface area (TPSA) is 58.6 Å². The summed E-state index contributed by atoms with van der Waals surface area (Å²) in [6.45, 7) is 5.71. The summed E-state index contributed by atoms with van der Waals surface area (Å²) >= 11 is 0. The Bertz CT molecular complexity index is 339. The lowest BCUT2D eigenvalue weighted by molar-refractivity contribution is -0.141. The maximum absolute atomic E-state index is 12.6. The lowest BCUT2D eigenvalue weighted by Gasteiger charge is -2.37. The predicted octanol–water partition coefficient (Wildman–Crippen LogP) is 0.683. The second kappa shape index (κ2) is 5.26. The zero-order chi connectivity index (χ0) is 13.2. The third-order valence-electron chi connectivity index (χ3n) is 4.07. The van der Waals surface area contributed by atoms with E-state index in [0.29, 0.717) is 32.6 Å². The van der Waals surface area contributed by atoms with Crippen LogP contribution < -0.4 is 5.32 Å². The van der Waals surface area contributed by atoms with Crippen molar-refractivity contribution in [2.24, 2.45) is 0 Å². The van der Waals surface area contributed by atoms with E-state index in [4.69, 9.17) is 4.74 Å². The van der Waals surface area contributed by atoms with Crippen LogP contribution in [0.2, 0.25) is 0 Å². The molecule has 2 rings (SSSR count). The van der Waals surface area contributed by atoms with Crippen LogP contribution in [0.15, 0.2) is 0 Å². The largest absolute Gasteiger partial charge is 0.381 e. The maximum Gasteiger partial charge on any atom is 0.248 e. The van der Waals surface area contributed by atoms with Gasteiger partial charge >= 0.3 is 0 Å². The molecule has 2 aliphatic rings. The summed E-state index contributed by atoms with van der Waals surface area (Å²) < 4.78 is 5.34. The quantitative estimate of drug-likeness (QED) is 0.788. The molecule has 0 bridgehead atoms. The van der Waals surface area contributed by atoms with E-state index >= 15 is 0 Å². The summed E-state index contributed by atoms with van der Waals surface area (Å²) in [4.78, 5) is 26.2. The van der Waals surface area contributed by atoms with Crippen molar-refractivity contribution in [2.75, 3.05) is 19.8 Å². The van der Waals surface area contributed by atoms with Crippen molar-refractivity contribution >= 4 is 11.8 Å². The lowest BCUT2D eigenvalue weighted by atomic mass is 9.95. The Hall–Kier alpha value is -1.10. The molecule has 0 aromatic carbocycles. The summed E-state index contributed by atoms with van der Waals surface area (Å²) in [5.74, 6) is 0.0324. The fourth-order valence-electron chi connectivity index (χ4n) is 2.65. The highest BCUT2D eigenvalue weighted by Gasteiger charge is 2.41. The standard InChI is InChI=1S/C13H22N2O3/c1-3-13(2)12(17)15(7-4-11(16)14-13)10-5-8-18-9-6-10/h10H,3-9H2,1-2H3,(H,14,16). The number of amides is 2. The molecule has 102 valence electrons. The van der Waals surface area contributed by atoms with Gasteiger partial charge in [-0.1, -0.05) is 6.92 Å². The van der Waals surface area contributed by atoms with Crippen LogP contribution >= 0.6 is 0 Å². The van der Waals surface area contributed by atoms with Crippen LogP contribution in [-0.4, -0.2) is 48.1 Å². The Morgan fingerprint density at radius 3 is 2.67 bits per heavy atom. The number of rotatable bonds is 2.